The second kappa shape index (κ2) is 7.68. The van der Waals surface area contributed by atoms with E-state index in [9.17, 15) is 4.79 Å². The quantitative estimate of drug-likeness (QED) is 0.794. The van der Waals surface area contributed by atoms with Gasteiger partial charge in [-0.05, 0) is 18.4 Å². The molecule has 1 amide bonds. The van der Waals surface area contributed by atoms with Gasteiger partial charge in [0.25, 0.3) is 0 Å². The lowest BCUT2D eigenvalue weighted by Crippen LogP contribution is -2.30. The number of carbonyl (C=O) groups excluding carboxylic acids is 1. The Morgan fingerprint density at radius 3 is 2.76 bits per heavy atom. The summed E-state index contributed by atoms with van der Waals surface area (Å²) in [5.41, 5.74) is 6.71. The Bertz CT molecular complexity index is 327. The van der Waals surface area contributed by atoms with Gasteiger partial charge in [0.1, 0.15) is 6.61 Å². The highest BCUT2D eigenvalue weighted by molar-refractivity contribution is 5.67. The van der Waals surface area contributed by atoms with Crippen LogP contribution in [0.3, 0.4) is 0 Å². The van der Waals surface area contributed by atoms with Crippen molar-refractivity contribution in [1.29, 1.82) is 0 Å². The molecule has 0 aliphatic rings. The van der Waals surface area contributed by atoms with Gasteiger partial charge in [-0.25, -0.2) is 4.79 Å². The van der Waals surface area contributed by atoms with Gasteiger partial charge >= 0.3 is 6.09 Å². The number of alkyl carbamates (subject to hydrolysis) is 1. The van der Waals surface area contributed by atoms with E-state index in [1.54, 1.807) is 0 Å². The van der Waals surface area contributed by atoms with Crippen molar-refractivity contribution < 1.29 is 9.53 Å². The molecule has 0 bridgehead atoms. The Balaban J connectivity index is 2.13. The third kappa shape index (κ3) is 5.92. The smallest absolute Gasteiger partial charge is 0.407 e. The zero-order valence-electron chi connectivity index (χ0n) is 10.2. The lowest BCUT2D eigenvalue weighted by molar-refractivity contribution is 0.139. The molecule has 0 aromatic heterocycles. The van der Waals surface area contributed by atoms with Crippen LogP contribution >= 0.6 is 0 Å². The largest absolute Gasteiger partial charge is 0.445 e. The first-order chi connectivity index (χ1) is 8.22. The van der Waals surface area contributed by atoms with Gasteiger partial charge in [-0.2, -0.15) is 0 Å². The van der Waals surface area contributed by atoms with E-state index < -0.39 is 6.09 Å². The molecule has 0 radical (unpaired) electrons. The molecule has 4 nitrogen and oxygen atoms in total. The Hall–Kier alpha value is -1.55. The molecule has 1 atom stereocenters. The average Bonchev–Trinajstić information content (AvgIpc) is 2.37. The molecular weight excluding hydrogens is 216 g/mol. The molecule has 0 aliphatic heterocycles. The van der Waals surface area contributed by atoms with Crippen LogP contribution < -0.4 is 11.1 Å². The molecule has 0 aliphatic carbocycles. The minimum atomic E-state index is -0.392. The van der Waals surface area contributed by atoms with E-state index in [-0.39, 0.29) is 6.04 Å². The molecular formula is C13H20N2O2. The van der Waals surface area contributed by atoms with Crippen LogP contribution in [0.2, 0.25) is 0 Å². The minimum Gasteiger partial charge on any atom is -0.445 e. The van der Waals surface area contributed by atoms with Crippen molar-refractivity contribution in [2.45, 2.75) is 32.4 Å². The van der Waals surface area contributed by atoms with Gasteiger partial charge in [-0.1, -0.05) is 37.3 Å². The number of nitrogens with two attached hydrogens (primary N) is 1. The topological polar surface area (TPSA) is 64.3 Å². The molecule has 1 aromatic rings. The maximum atomic E-state index is 11.3. The van der Waals surface area contributed by atoms with Gasteiger partial charge in [-0.15, -0.1) is 0 Å². The van der Waals surface area contributed by atoms with Crippen LogP contribution in [-0.4, -0.2) is 18.7 Å². The first-order valence-corrected chi connectivity index (χ1v) is 5.92. The second-order valence-corrected chi connectivity index (χ2v) is 3.95. The molecule has 1 rings (SSSR count). The normalized spacial score (nSPS) is 11.9. The van der Waals surface area contributed by atoms with E-state index in [0.717, 1.165) is 18.4 Å². The molecule has 17 heavy (non-hydrogen) atoms. The highest BCUT2D eigenvalue weighted by atomic mass is 16.5. The van der Waals surface area contributed by atoms with Crippen LogP contribution in [-0.2, 0) is 11.3 Å². The number of rotatable bonds is 6. The van der Waals surface area contributed by atoms with Crippen molar-refractivity contribution in [1.82, 2.24) is 5.32 Å². The van der Waals surface area contributed by atoms with E-state index in [1.807, 2.05) is 37.3 Å². The summed E-state index contributed by atoms with van der Waals surface area (Å²) in [5.74, 6) is 0. The van der Waals surface area contributed by atoms with Gasteiger partial charge in [0.15, 0.2) is 0 Å². The molecule has 0 saturated carbocycles. The fourth-order valence-corrected chi connectivity index (χ4v) is 1.34. The first-order valence-electron chi connectivity index (χ1n) is 5.92. The monoisotopic (exact) mass is 236 g/mol. The molecule has 4 heteroatoms. The number of benzene rings is 1. The molecule has 1 unspecified atom stereocenters. The lowest BCUT2D eigenvalue weighted by atomic mass is 10.2. The molecule has 94 valence electrons. The minimum absolute atomic E-state index is 0.143. The Morgan fingerprint density at radius 1 is 1.41 bits per heavy atom. The van der Waals surface area contributed by atoms with Gasteiger partial charge in [0.2, 0.25) is 0 Å². The maximum Gasteiger partial charge on any atom is 0.407 e. The standard InChI is InChI=1S/C13H20N2O2/c1-2-12(14)8-9-15-13(16)17-10-11-6-4-3-5-7-11/h3-7,12H,2,8-10,14H2,1H3,(H,15,16). The highest BCUT2D eigenvalue weighted by Crippen LogP contribution is 2.00. The number of ether oxygens (including phenoxy) is 1. The fourth-order valence-electron chi connectivity index (χ4n) is 1.34. The average molecular weight is 236 g/mol. The van der Waals surface area contributed by atoms with E-state index >= 15 is 0 Å². The van der Waals surface area contributed by atoms with E-state index in [1.165, 1.54) is 0 Å². The summed E-state index contributed by atoms with van der Waals surface area (Å²) in [5, 5.41) is 2.68. The van der Waals surface area contributed by atoms with Crippen LogP contribution in [0.25, 0.3) is 0 Å². The summed E-state index contributed by atoms with van der Waals surface area (Å²) < 4.78 is 5.05. The van der Waals surface area contributed by atoms with E-state index in [0.29, 0.717) is 13.2 Å². The summed E-state index contributed by atoms with van der Waals surface area (Å²) in [4.78, 5) is 11.3. The first kappa shape index (κ1) is 13.5. The second-order valence-electron chi connectivity index (χ2n) is 3.95. The molecule has 0 spiro atoms. The number of hydrogen-bond acceptors (Lipinski definition) is 3. The molecule has 3 N–H and O–H groups in total. The molecule has 0 saturated heterocycles. The summed E-state index contributed by atoms with van der Waals surface area (Å²) in [7, 11) is 0. The summed E-state index contributed by atoms with van der Waals surface area (Å²) in [6, 6.07) is 9.73. The number of carbonyl (C=O) groups is 1. The zero-order valence-corrected chi connectivity index (χ0v) is 10.2. The van der Waals surface area contributed by atoms with Gasteiger partial charge in [0.05, 0.1) is 0 Å². The molecule has 1 aromatic carbocycles. The highest BCUT2D eigenvalue weighted by Gasteiger charge is 2.03. The predicted molar refractivity (Wildman–Crippen MR) is 67.5 cm³/mol. The van der Waals surface area contributed by atoms with Crippen LogP contribution in [0, 0.1) is 0 Å². The third-order valence-electron chi connectivity index (χ3n) is 2.52. The van der Waals surface area contributed by atoms with E-state index in [2.05, 4.69) is 5.32 Å². The lowest BCUT2D eigenvalue weighted by Gasteiger charge is -2.10. The molecule has 0 heterocycles. The Labute approximate surface area is 102 Å². The maximum absolute atomic E-state index is 11.3. The van der Waals surface area contributed by atoms with Crippen molar-refractivity contribution in [2.75, 3.05) is 6.54 Å². The third-order valence-corrected chi connectivity index (χ3v) is 2.52. The predicted octanol–water partition coefficient (Wildman–Crippen LogP) is 2.04. The Kier molecular flexibility index (Phi) is 6.10. The van der Waals surface area contributed by atoms with Crippen molar-refractivity contribution in [3.05, 3.63) is 35.9 Å². The Morgan fingerprint density at radius 2 is 2.12 bits per heavy atom. The van der Waals surface area contributed by atoms with Gasteiger partial charge in [-0.3, -0.25) is 0 Å². The zero-order chi connectivity index (χ0) is 12.5. The SMILES string of the molecule is CCC(N)CCNC(=O)OCc1ccccc1. The van der Waals surface area contributed by atoms with Gasteiger partial charge < -0.3 is 15.8 Å². The van der Waals surface area contributed by atoms with Crippen molar-refractivity contribution >= 4 is 6.09 Å². The van der Waals surface area contributed by atoms with Gasteiger partial charge in [0, 0.05) is 12.6 Å². The van der Waals surface area contributed by atoms with Crippen molar-refractivity contribution in [3.63, 3.8) is 0 Å². The summed E-state index contributed by atoms with van der Waals surface area (Å²) >= 11 is 0. The molecule has 0 fully saturated rings. The van der Waals surface area contributed by atoms with Crippen molar-refractivity contribution in [2.24, 2.45) is 5.73 Å². The fraction of sp³-hybridized carbons (Fsp3) is 0.462. The van der Waals surface area contributed by atoms with Crippen molar-refractivity contribution in [3.8, 4) is 0 Å². The van der Waals surface area contributed by atoms with Crippen LogP contribution in [0.4, 0.5) is 4.79 Å². The summed E-state index contributed by atoms with van der Waals surface area (Å²) in [6.45, 7) is 2.88. The number of hydrogen-bond donors (Lipinski definition) is 2. The summed E-state index contributed by atoms with van der Waals surface area (Å²) in [6.07, 6.45) is 1.30. The van der Waals surface area contributed by atoms with E-state index in [4.69, 9.17) is 10.5 Å². The number of nitrogens with one attached hydrogen (secondary N) is 1. The van der Waals surface area contributed by atoms with Crippen LogP contribution in [0.5, 0.6) is 0 Å². The van der Waals surface area contributed by atoms with Crippen LogP contribution in [0.1, 0.15) is 25.3 Å². The number of amides is 1. The van der Waals surface area contributed by atoms with Crippen LogP contribution in [0.15, 0.2) is 30.3 Å².